The molecule has 2 aliphatic rings. The summed E-state index contributed by atoms with van der Waals surface area (Å²) in [6, 6.07) is 6.67. The maximum atomic E-state index is 11.9. The number of rotatable bonds is 3. The van der Waals surface area contributed by atoms with E-state index in [0.29, 0.717) is 6.04 Å². The Labute approximate surface area is 120 Å². The summed E-state index contributed by atoms with van der Waals surface area (Å²) >= 11 is 0. The van der Waals surface area contributed by atoms with Crippen LogP contribution in [-0.2, 0) is 11.2 Å². The number of nitrogens with zero attached hydrogens (tertiary/aromatic N) is 1. The van der Waals surface area contributed by atoms with Crippen molar-refractivity contribution in [1.29, 1.82) is 0 Å². The molecule has 0 spiro atoms. The molecule has 1 aromatic rings. The lowest BCUT2D eigenvalue weighted by molar-refractivity contribution is -0.132. The highest BCUT2D eigenvalue weighted by molar-refractivity contribution is 5.83. The van der Waals surface area contributed by atoms with Crippen molar-refractivity contribution in [3.05, 3.63) is 29.3 Å². The molecule has 108 valence electrons. The van der Waals surface area contributed by atoms with Crippen LogP contribution in [0, 0.1) is 0 Å². The maximum absolute atomic E-state index is 11.9. The lowest BCUT2D eigenvalue weighted by Crippen LogP contribution is -2.29. The van der Waals surface area contributed by atoms with E-state index in [2.05, 4.69) is 17.4 Å². The van der Waals surface area contributed by atoms with Gasteiger partial charge in [-0.3, -0.25) is 4.79 Å². The summed E-state index contributed by atoms with van der Waals surface area (Å²) in [6.45, 7) is 0.785. The minimum absolute atomic E-state index is 0.0906. The van der Waals surface area contributed by atoms with E-state index >= 15 is 0 Å². The maximum Gasteiger partial charge on any atom is 0.263 e. The second kappa shape index (κ2) is 5.44. The number of likely N-dealkylation sites (N-methyl/N-ethyl adjacent to an activating group) is 1. The van der Waals surface area contributed by atoms with E-state index in [0.717, 1.165) is 31.6 Å². The molecule has 4 nitrogen and oxygen atoms in total. The average molecular weight is 274 g/mol. The number of carbonyl (C=O) groups is 1. The number of hydrogen-bond donors (Lipinski definition) is 1. The zero-order valence-corrected chi connectivity index (χ0v) is 12.2. The lowest BCUT2D eigenvalue weighted by atomic mass is 9.87. The van der Waals surface area contributed by atoms with Crippen molar-refractivity contribution >= 4 is 5.91 Å². The van der Waals surface area contributed by atoms with Crippen LogP contribution in [0.4, 0.5) is 0 Å². The normalized spacial score (nSPS) is 25.7. The van der Waals surface area contributed by atoms with Gasteiger partial charge in [-0.1, -0.05) is 6.07 Å². The molecule has 1 N–H and O–H groups in total. The first-order chi connectivity index (χ1) is 9.69. The van der Waals surface area contributed by atoms with Crippen molar-refractivity contribution < 1.29 is 9.53 Å². The molecule has 1 heterocycles. The van der Waals surface area contributed by atoms with Crippen LogP contribution in [0.15, 0.2) is 18.2 Å². The highest BCUT2D eigenvalue weighted by atomic mass is 16.5. The molecule has 2 atom stereocenters. The fourth-order valence-corrected chi connectivity index (χ4v) is 3.21. The molecule has 1 fully saturated rings. The van der Waals surface area contributed by atoms with Gasteiger partial charge in [0.25, 0.3) is 5.91 Å². The molecule has 0 bridgehead atoms. The van der Waals surface area contributed by atoms with Gasteiger partial charge in [0, 0.05) is 26.1 Å². The molecule has 1 aromatic carbocycles. The summed E-state index contributed by atoms with van der Waals surface area (Å²) in [4.78, 5) is 13.6. The zero-order chi connectivity index (χ0) is 14.1. The van der Waals surface area contributed by atoms with Gasteiger partial charge in [0.05, 0.1) is 0 Å². The first kappa shape index (κ1) is 13.4. The predicted molar refractivity (Wildman–Crippen MR) is 77.9 cm³/mol. The Morgan fingerprint density at radius 2 is 2.20 bits per heavy atom. The van der Waals surface area contributed by atoms with Crippen LogP contribution in [0.1, 0.15) is 36.4 Å². The molecule has 4 heteroatoms. The van der Waals surface area contributed by atoms with E-state index in [1.54, 1.807) is 4.90 Å². The van der Waals surface area contributed by atoms with Crippen LogP contribution in [0.5, 0.6) is 5.75 Å². The number of aryl methyl sites for hydroxylation is 1. The third-order valence-electron chi connectivity index (χ3n) is 4.44. The predicted octanol–water partition coefficient (Wildman–Crippen LogP) is 1.89. The van der Waals surface area contributed by atoms with Crippen LogP contribution in [0.3, 0.4) is 0 Å². The van der Waals surface area contributed by atoms with Gasteiger partial charge < -0.3 is 15.0 Å². The molecule has 3 rings (SSSR count). The third-order valence-corrected chi connectivity index (χ3v) is 4.44. The molecule has 2 unspecified atom stereocenters. The summed E-state index contributed by atoms with van der Waals surface area (Å²) in [5.41, 5.74) is 2.73. The second-order valence-electron chi connectivity index (χ2n) is 5.75. The molecule has 1 amide bonds. The van der Waals surface area contributed by atoms with Gasteiger partial charge in [-0.2, -0.15) is 0 Å². The molecule has 20 heavy (non-hydrogen) atoms. The zero-order valence-electron chi connectivity index (χ0n) is 12.2. The van der Waals surface area contributed by atoms with Crippen LogP contribution in [0.2, 0.25) is 0 Å². The molecular formula is C16H22N2O2. The van der Waals surface area contributed by atoms with E-state index in [4.69, 9.17) is 4.74 Å². The summed E-state index contributed by atoms with van der Waals surface area (Å²) in [6.07, 6.45) is 4.00. The Morgan fingerprint density at radius 3 is 2.90 bits per heavy atom. The minimum atomic E-state index is -0.310. The van der Waals surface area contributed by atoms with Crippen molar-refractivity contribution in [1.82, 2.24) is 10.2 Å². The van der Waals surface area contributed by atoms with Gasteiger partial charge in [0.2, 0.25) is 0 Å². The minimum Gasteiger partial charge on any atom is -0.481 e. The number of fused-ring (bicyclic) bond motifs is 1. The number of carbonyl (C=O) groups excluding carboxylic acids is 1. The molecule has 1 saturated heterocycles. The van der Waals surface area contributed by atoms with E-state index < -0.39 is 0 Å². The molecule has 0 saturated carbocycles. The number of nitrogens with one attached hydrogen (secondary N) is 1. The fourth-order valence-electron chi connectivity index (χ4n) is 3.21. The van der Waals surface area contributed by atoms with Crippen molar-refractivity contribution in [2.45, 2.75) is 37.8 Å². The quantitative estimate of drug-likeness (QED) is 0.915. The van der Waals surface area contributed by atoms with Gasteiger partial charge in [-0.15, -0.1) is 0 Å². The van der Waals surface area contributed by atoms with Crippen LogP contribution < -0.4 is 10.1 Å². The lowest BCUT2D eigenvalue weighted by Gasteiger charge is -2.26. The highest BCUT2D eigenvalue weighted by Gasteiger charge is 2.31. The van der Waals surface area contributed by atoms with E-state index in [9.17, 15) is 4.79 Å². The topological polar surface area (TPSA) is 41.6 Å². The third kappa shape index (κ3) is 2.40. The Balaban J connectivity index is 1.80. The van der Waals surface area contributed by atoms with Gasteiger partial charge in [0.1, 0.15) is 5.75 Å². The average Bonchev–Trinajstić information content (AvgIpc) is 2.78. The van der Waals surface area contributed by atoms with Crippen LogP contribution in [0.25, 0.3) is 0 Å². The van der Waals surface area contributed by atoms with Crippen molar-refractivity contribution in [2.24, 2.45) is 0 Å². The van der Waals surface area contributed by atoms with Gasteiger partial charge in [-0.05, 0) is 49.6 Å². The van der Waals surface area contributed by atoms with Gasteiger partial charge in [-0.25, -0.2) is 0 Å². The second-order valence-corrected chi connectivity index (χ2v) is 5.75. The van der Waals surface area contributed by atoms with Gasteiger partial charge >= 0.3 is 0 Å². The summed E-state index contributed by atoms with van der Waals surface area (Å²) in [7, 11) is 3.83. The molecular weight excluding hydrogens is 252 g/mol. The van der Waals surface area contributed by atoms with E-state index in [1.165, 1.54) is 17.5 Å². The smallest absolute Gasteiger partial charge is 0.263 e. The van der Waals surface area contributed by atoms with Crippen molar-refractivity contribution in [3.63, 3.8) is 0 Å². The van der Waals surface area contributed by atoms with Crippen LogP contribution >= 0.6 is 0 Å². The first-order valence-corrected chi connectivity index (χ1v) is 7.41. The monoisotopic (exact) mass is 274 g/mol. The largest absolute Gasteiger partial charge is 0.481 e. The SMILES string of the molecule is CNC1CCCc2ccc(OC3CCN(C)C3=O)cc21. The Bertz CT molecular complexity index is 515. The first-order valence-electron chi connectivity index (χ1n) is 7.41. The number of amides is 1. The molecule has 1 aliphatic heterocycles. The number of likely N-dealkylation sites (tertiary alicyclic amines) is 1. The highest BCUT2D eigenvalue weighted by Crippen LogP contribution is 2.32. The molecule has 0 aromatic heterocycles. The Morgan fingerprint density at radius 1 is 1.35 bits per heavy atom. The Kier molecular flexibility index (Phi) is 3.66. The standard InChI is InChI=1S/C16H22N2O2/c1-17-14-5-3-4-11-6-7-12(10-13(11)14)20-15-8-9-18(2)16(15)19/h6-7,10,14-15,17H,3-5,8-9H2,1-2H3. The summed E-state index contributed by atoms with van der Waals surface area (Å²) in [5, 5.41) is 3.37. The molecule has 0 radical (unpaired) electrons. The Hall–Kier alpha value is -1.55. The molecule has 1 aliphatic carbocycles. The van der Waals surface area contributed by atoms with E-state index in [1.807, 2.05) is 20.2 Å². The fraction of sp³-hybridized carbons (Fsp3) is 0.562. The van der Waals surface area contributed by atoms with E-state index in [-0.39, 0.29) is 12.0 Å². The summed E-state index contributed by atoms with van der Waals surface area (Å²) in [5.74, 6) is 0.910. The van der Waals surface area contributed by atoms with Crippen molar-refractivity contribution in [3.8, 4) is 5.75 Å². The number of hydrogen-bond acceptors (Lipinski definition) is 3. The van der Waals surface area contributed by atoms with Crippen molar-refractivity contribution in [2.75, 3.05) is 20.6 Å². The summed E-state index contributed by atoms with van der Waals surface area (Å²) < 4.78 is 5.90. The van der Waals surface area contributed by atoms with Crippen LogP contribution in [-0.4, -0.2) is 37.6 Å². The number of benzene rings is 1. The van der Waals surface area contributed by atoms with Gasteiger partial charge in [0.15, 0.2) is 6.10 Å². The number of ether oxygens (including phenoxy) is 1.